The highest BCUT2D eigenvalue weighted by atomic mass is 35.5. The van der Waals surface area contributed by atoms with Crippen LogP contribution in [-0.4, -0.2) is 126 Å². The maximum Gasteiger partial charge on any atom is 0.441 e. The number of allylic oxidation sites excluding steroid dienone is 1. The van der Waals surface area contributed by atoms with E-state index in [1.807, 2.05) is 25.1 Å². The number of amides is 2. The number of anilines is 2. The van der Waals surface area contributed by atoms with E-state index >= 15 is 0 Å². The molecule has 3 aromatic carbocycles. The van der Waals surface area contributed by atoms with Crippen LogP contribution in [-0.2, 0) is 24.5 Å². The lowest BCUT2D eigenvalue weighted by molar-refractivity contribution is -0.384. The summed E-state index contributed by atoms with van der Waals surface area (Å²) < 4.78 is 57.7. The van der Waals surface area contributed by atoms with Crippen molar-refractivity contribution in [1.29, 1.82) is 0 Å². The maximum atomic E-state index is 14.0. The number of ether oxygens (including phenoxy) is 2. The fourth-order valence-electron chi connectivity index (χ4n) is 9.24. The number of hydrogen-bond donors (Lipinski definition) is 3. The molecule has 4 heterocycles. The number of carbonyl (C=O) groups excluding carboxylic acids is 2. The quantitative estimate of drug-likeness (QED) is 0.0620. The molecule has 1 aliphatic carbocycles. The average molecular weight is 1030 g/mol. The summed E-state index contributed by atoms with van der Waals surface area (Å²) in [7, 11) is -7.34. The Kier molecular flexibility index (Phi) is 15.7. The SMILES string of the molecule is CCOC(=O)N=S1(=O)CCN(CC[C@H](C)Nc2ccc(S(=O)(=O)NC(=O)c3ccc(N4CCN(CC5=C(c6ccc(Cl)cc6)CC(C)(C)CC5)CC4)cc3Oc3cnc4[nH]ccc4c3)cc2[N+](=O)[O-])CC1. The molecule has 2 aliphatic heterocycles. The van der Waals surface area contributed by atoms with Crippen molar-refractivity contribution >= 4 is 77.0 Å². The Labute approximate surface area is 419 Å². The second-order valence-electron chi connectivity index (χ2n) is 19.1. The maximum absolute atomic E-state index is 14.0. The van der Waals surface area contributed by atoms with Gasteiger partial charge in [-0.25, -0.2) is 27.1 Å². The first-order valence-corrected chi connectivity index (χ1v) is 27.5. The van der Waals surface area contributed by atoms with E-state index in [0.717, 1.165) is 61.1 Å². The fraction of sp³-hybridized carbons (Fsp3) is 0.420. The van der Waals surface area contributed by atoms with Crippen LogP contribution >= 0.6 is 11.6 Å². The minimum atomic E-state index is -4.64. The number of hydrogen-bond acceptors (Lipinski definition) is 14. The Bertz CT molecular complexity index is 3060. The summed E-state index contributed by atoms with van der Waals surface area (Å²) in [5.74, 6) is -0.128. The van der Waals surface area contributed by atoms with E-state index < -0.39 is 47.3 Å². The zero-order valence-corrected chi connectivity index (χ0v) is 42.7. The monoisotopic (exact) mass is 1030 g/mol. The molecule has 0 spiro atoms. The lowest BCUT2D eigenvalue weighted by Gasteiger charge is -2.39. The van der Waals surface area contributed by atoms with Gasteiger partial charge < -0.3 is 29.6 Å². The van der Waals surface area contributed by atoms with Gasteiger partial charge in [-0.15, -0.1) is 4.36 Å². The number of nitrogens with one attached hydrogen (secondary N) is 3. The minimum absolute atomic E-state index is 0.0712. The molecule has 71 heavy (non-hydrogen) atoms. The van der Waals surface area contributed by atoms with Crippen LogP contribution in [0.1, 0.15) is 69.3 Å². The number of nitro groups is 1. The highest BCUT2D eigenvalue weighted by molar-refractivity contribution is 7.94. The van der Waals surface area contributed by atoms with Gasteiger partial charge in [0.2, 0.25) is 0 Å². The molecule has 3 aliphatic rings. The number of halogens is 1. The first-order chi connectivity index (χ1) is 33.9. The van der Waals surface area contributed by atoms with E-state index in [-0.39, 0.29) is 46.6 Å². The van der Waals surface area contributed by atoms with E-state index in [1.54, 1.807) is 31.3 Å². The molecule has 2 amide bonds. The van der Waals surface area contributed by atoms with Crippen molar-refractivity contribution in [2.24, 2.45) is 9.78 Å². The van der Waals surface area contributed by atoms with Crippen molar-refractivity contribution in [3.8, 4) is 11.5 Å². The molecular weight excluding hydrogens is 970 g/mol. The molecule has 2 fully saturated rings. The summed E-state index contributed by atoms with van der Waals surface area (Å²) in [6.45, 7) is 13.6. The van der Waals surface area contributed by atoms with Crippen molar-refractivity contribution in [3.63, 3.8) is 0 Å². The molecule has 5 aromatic rings. The van der Waals surface area contributed by atoms with Crippen LogP contribution < -0.4 is 19.7 Å². The molecule has 0 saturated carbocycles. The summed E-state index contributed by atoms with van der Waals surface area (Å²) in [6, 6.07) is 19.9. The average Bonchev–Trinajstić information content (AvgIpc) is 3.80. The van der Waals surface area contributed by atoms with Crippen LogP contribution in [0.15, 0.2) is 100 Å². The molecule has 378 valence electrons. The van der Waals surface area contributed by atoms with Gasteiger partial charge in [0.1, 0.15) is 22.8 Å². The summed E-state index contributed by atoms with van der Waals surface area (Å²) in [5, 5.41) is 16.9. The van der Waals surface area contributed by atoms with Gasteiger partial charge in [-0.3, -0.25) is 19.8 Å². The van der Waals surface area contributed by atoms with Crippen molar-refractivity contribution in [3.05, 3.63) is 117 Å². The van der Waals surface area contributed by atoms with Crippen LogP contribution in [0.5, 0.6) is 11.5 Å². The molecule has 3 N–H and O–H groups in total. The zero-order chi connectivity index (χ0) is 50.5. The number of nitro benzene ring substituents is 1. The Morgan fingerprint density at radius 2 is 1.75 bits per heavy atom. The van der Waals surface area contributed by atoms with Gasteiger partial charge in [-0.2, -0.15) is 0 Å². The smallest absolute Gasteiger partial charge is 0.441 e. The van der Waals surface area contributed by atoms with Crippen molar-refractivity contribution in [1.82, 2.24) is 24.5 Å². The standard InChI is InChI=1S/C50H60ClN9O9S2/c1-5-68-49(62)56-70(65)26-24-57(25-27-70)19-16-34(2)54-44-13-11-41(30-45(44)60(63)64)71(66,67)55-48(61)42-12-10-39(29-46(42)69-40-28-36-15-18-52-47(36)53-32-40)59-22-20-58(21-23-59)33-37-14-17-50(3,4)31-43(37)35-6-8-38(51)9-7-35/h6-13,15,18,28-30,32,34,54H,5,14,16-17,19-27,31,33H2,1-4H3,(H,52,53)(H,55,61)/t34-/m0/s1. The minimum Gasteiger partial charge on any atom is -0.455 e. The summed E-state index contributed by atoms with van der Waals surface area (Å²) >= 11 is 6.25. The topological polar surface area (TPSA) is 222 Å². The number of H-pyrrole nitrogens is 1. The third-order valence-corrected chi connectivity index (χ3v) is 17.0. The van der Waals surface area contributed by atoms with Gasteiger partial charge >= 0.3 is 6.09 Å². The van der Waals surface area contributed by atoms with Crippen LogP contribution in [0.25, 0.3) is 16.6 Å². The van der Waals surface area contributed by atoms with Crippen LogP contribution in [0.3, 0.4) is 0 Å². The van der Waals surface area contributed by atoms with Crippen molar-refractivity contribution < 1.29 is 36.6 Å². The molecule has 0 unspecified atom stereocenters. The zero-order valence-electron chi connectivity index (χ0n) is 40.3. The number of aromatic amines is 1. The number of benzene rings is 3. The van der Waals surface area contributed by atoms with Gasteiger partial charge in [-0.1, -0.05) is 43.2 Å². The summed E-state index contributed by atoms with van der Waals surface area (Å²) in [4.78, 5) is 51.2. The summed E-state index contributed by atoms with van der Waals surface area (Å²) in [6.07, 6.45) is 6.12. The van der Waals surface area contributed by atoms with E-state index in [9.17, 15) is 32.3 Å². The molecule has 0 radical (unpaired) electrons. The van der Waals surface area contributed by atoms with Crippen LogP contribution in [0.4, 0.5) is 21.9 Å². The van der Waals surface area contributed by atoms with Crippen LogP contribution in [0.2, 0.25) is 5.02 Å². The number of fused-ring (bicyclic) bond motifs is 1. The second kappa shape index (κ2) is 21.7. The van der Waals surface area contributed by atoms with Crippen LogP contribution in [0, 0.1) is 15.5 Å². The highest BCUT2D eigenvalue weighted by Crippen LogP contribution is 2.43. The largest absolute Gasteiger partial charge is 0.455 e. The molecule has 21 heteroatoms. The Hall–Kier alpha value is -6.06. The molecule has 8 rings (SSSR count). The van der Waals surface area contributed by atoms with Gasteiger partial charge in [0.15, 0.2) is 0 Å². The number of piperazine rings is 1. The third-order valence-electron chi connectivity index (χ3n) is 13.3. The molecule has 1 atom stereocenters. The lowest BCUT2D eigenvalue weighted by Crippen LogP contribution is -2.47. The fourth-order valence-corrected chi connectivity index (χ4v) is 12.1. The molecule has 2 aromatic heterocycles. The first-order valence-electron chi connectivity index (χ1n) is 23.8. The second-order valence-corrected chi connectivity index (χ2v) is 23.7. The van der Waals surface area contributed by atoms with Gasteiger partial charge in [0, 0.05) is 104 Å². The van der Waals surface area contributed by atoms with Gasteiger partial charge in [-0.05, 0) is 105 Å². The number of sulfonamides is 1. The number of carbonyl (C=O) groups is 2. The van der Waals surface area contributed by atoms with E-state index in [1.165, 1.54) is 41.1 Å². The predicted octanol–water partition coefficient (Wildman–Crippen LogP) is 8.95. The first kappa shape index (κ1) is 51.3. The van der Waals surface area contributed by atoms with Gasteiger partial charge in [0.05, 0.1) is 37.9 Å². The number of nitrogens with zero attached hydrogens (tertiary/aromatic N) is 6. The van der Waals surface area contributed by atoms with Gasteiger partial charge in [0.25, 0.3) is 21.6 Å². The Morgan fingerprint density at radius 3 is 2.46 bits per heavy atom. The number of pyridine rings is 1. The van der Waals surface area contributed by atoms with E-state index in [2.05, 4.69) is 65.0 Å². The normalized spacial score (nSPS) is 17.9. The lowest BCUT2D eigenvalue weighted by atomic mass is 9.72. The number of rotatable bonds is 16. The third kappa shape index (κ3) is 12.9. The van der Waals surface area contributed by atoms with Crippen molar-refractivity contribution in [2.75, 3.05) is 80.7 Å². The molecule has 0 bridgehead atoms. The highest BCUT2D eigenvalue weighted by Gasteiger charge is 2.31. The van der Waals surface area contributed by atoms with E-state index in [0.29, 0.717) is 50.5 Å². The predicted molar refractivity (Wildman–Crippen MR) is 276 cm³/mol. The molecule has 2 saturated heterocycles. The summed E-state index contributed by atoms with van der Waals surface area (Å²) in [5.41, 5.74) is 5.23. The Morgan fingerprint density at radius 1 is 1.00 bits per heavy atom. The number of aromatic nitrogens is 2. The molecular formula is C50H60ClN9O9S2. The van der Waals surface area contributed by atoms with E-state index in [4.69, 9.17) is 21.1 Å². The molecule has 18 nitrogen and oxygen atoms in total. The Balaban J connectivity index is 0.947. The van der Waals surface area contributed by atoms with Crippen molar-refractivity contribution in [2.45, 2.75) is 64.3 Å².